The van der Waals surface area contributed by atoms with Gasteiger partial charge in [-0.15, -0.1) is 13.2 Å². The van der Waals surface area contributed by atoms with E-state index in [2.05, 4.69) is 4.74 Å². The van der Waals surface area contributed by atoms with E-state index in [4.69, 9.17) is 0 Å². The number of hydrogen-bond donors (Lipinski definition) is 3. The molecule has 1 aromatic rings. The van der Waals surface area contributed by atoms with Gasteiger partial charge >= 0.3 is 6.36 Å². The molecule has 0 unspecified atom stereocenters. The average molecular weight is 360 g/mol. The van der Waals surface area contributed by atoms with Crippen molar-refractivity contribution in [3.8, 4) is 17.2 Å². The molecule has 1 rings (SSSR count). The molecule has 25 heavy (non-hydrogen) atoms. The molecule has 140 valence electrons. The lowest BCUT2D eigenvalue weighted by molar-refractivity contribution is -0.275. The first-order chi connectivity index (χ1) is 11.4. The molecule has 3 N–H and O–H groups in total. The van der Waals surface area contributed by atoms with Crippen molar-refractivity contribution >= 4 is 0 Å². The fourth-order valence-electron chi connectivity index (χ4n) is 2.98. The van der Waals surface area contributed by atoms with Crippen LogP contribution in [0.15, 0.2) is 23.8 Å². The summed E-state index contributed by atoms with van der Waals surface area (Å²) in [6, 6.07) is 0. The first-order valence-electron chi connectivity index (χ1n) is 7.62. The zero-order valence-corrected chi connectivity index (χ0v) is 14.8. The van der Waals surface area contributed by atoms with Crippen LogP contribution in [0.5, 0.6) is 17.2 Å². The third kappa shape index (κ3) is 4.69. The highest BCUT2D eigenvalue weighted by Crippen LogP contribution is 2.49. The van der Waals surface area contributed by atoms with Crippen molar-refractivity contribution in [2.24, 2.45) is 0 Å². The van der Waals surface area contributed by atoms with Gasteiger partial charge in [0.25, 0.3) is 0 Å². The Kier molecular flexibility index (Phi) is 6.18. The normalized spacial score (nSPS) is 13.6. The number of phenols is 2. The van der Waals surface area contributed by atoms with Crippen molar-refractivity contribution in [2.75, 3.05) is 0 Å². The second-order valence-corrected chi connectivity index (χ2v) is 6.32. The number of phenolic OH excluding ortho intramolecular Hbond substituents is 1. The Bertz CT molecular complexity index is 701. The smallest absolute Gasteiger partial charge is 0.507 e. The second-order valence-electron chi connectivity index (χ2n) is 6.32. The number of allylic oxidation sites excluding steroid dienone is 4. The first kappa shape index (κ1) is 20.9. The Morgan fingerprint density at radius 2 is 1.72 bits per heavy atom. The van der Waals surface area contributed by atoms with Crippen LogP contribution in [-0.4, -0.2) is 21.7 Å². The maximum absolute atomic E-state index is 12.6. The lowest BCUT2D eigenvalue weighted by Crippen LogP contribution is -2.21. The summed E-state index contributed by atoms with van der Waals surface area (Å²) in [4.78, 5) is 0. The summed E-state index contributed by atoms with van der Waals surface area (Å²) in [5.41, 5.74) is -0.209. The number of ether oxygens (including phenoxy) is 1. The van der Waals surface area contributed by atoms with E-state index in [1.807, 2.05) is 26.0 Å². The van der Waals surface area contributed by atoms with Gasteiger partial charge in [0.1, 0.15) is 5.75 Å². The largest absolute Gasteiger partial charge is 0.573 e. The highest BCUT2D eigenvalue weighted by atomic mass is 19.4. The Morgan fingerprint density at radius 1 is 1.16 bits per heavy atom. The van der Waals surface area contributed by atoms with E-state index < -0.39 is 41.2 Å². The van der Waals surface area contributed by atoms with Crippen molar-refractivity contribution in [1.82, 2.24) is 0 Å². The summed E-state index contributed by atoms with van der Waals surface area (Å²) in [5.74, 6) is -2.29. The number of aliphatic hydroxyl groups is 1. The standard InChI is InChI=1S/C18H23F3O4/c1-6-7-10(2)8-17(4,5)13-11(3)14(23)16(25-18(19,20)21)12(9-22)15(13)24/h6-8,22-24H,9H2,1-5H3/b7-6-,10-8+. The first-order valence-corrected chi connectivity index (χ1v) is 7.62. The zero-order chi connectivity index (χ0) is 19.6. The molecule has 4 nitrogen and oxygen atoms in total. The summed E-state index contributed by atoms with van der Waals surface area (Å²) in [6.45, 7) is 7.62. The third-order valence-corrected chi connectivity index (χ3v) is 3.78. The number of aromatic hydroxyl groups is 2. The van der Waals surface area contributed by atoms with E-state index in [1.165, 1.54) is 6.92 Å². The van der Waals surface area contributed by atoms with Crippen LogP contribution in [0.4, 0.5) is 13.2 Å². The van der Waals surface area contributed by atoms with Crippen molar-refractivity contribution in [2.45, 2.75) is 53.0 Å². The number of halogens is 3. The van der Waals surface area contributed by atoms with Gasteiger partial charge in [-0.3, -0.25) is 0 Å². The van der Waals surface area contributed by atoms with Gasteiger partial charge in [0.05, 0.1) is 12.2 Å². The van der Waals surface area contributed by atoms with Gasteiger partial charge in [-0.25, -0.2) is 0 Å². The molecule has 0 aliphatic carbocycles. The number of aliphatic hydroxyl groups excluding tert-OH is 1. The summed E-state index contributed by atoms with van der Waals surface area (Å²) >= 11 is 0. The molecule has 0 saturated carbocycles. The van der Waals surface area contributed by atoms with Crippen LogP contribution in [0.1, 0.15) is 44.4 Å². The SMILES string of the molecule is C/C=C\C(C)=C\C(C)(C)c1c(C)c(O)c(OC(F)(F)F)c(CO)c1O. The predicted octanol–water partition coefficient (Wildman–Crippen LogP) is 4.60. The molecule has 0 aromatic heterocycles. The van der Waals surface area contributed by atoms with Gasteiger partial charge in [-0.2, -0.15) is 0 Å². The molecule has 7 heteroatoms. The van der Waals surface area contributed by atoms with Crippen molar-refractivity contribution in [3.63, 3.8) is 0 Å². The van der Waals surface area contributed by atoms with E-state index >= 15 is 0 Å². The second kappa shape index (κ2) is 7.39. The summed E-state index contributed by atoms with van der Waals surface area (Å²) in [5, 5.41) is 30.1. The van der Waals surface area contributed by atoms with E-state index in [0.717, 1.165) is 5.57 Å². The highest BCUT2D eigenvalue weighted by molar-refractivity contribution is 5.64. The van der Waals surface area contributed by atoms with Gasteiger partial charge in [0.2, 0.25) is 0 Å². The number of benzene rings is 1. The molecule has 0 aliphatic rings. The van der Waals surface area contributed by atoms with E-state index in [9.17, 15) is 28.5 Å². The van der Waals surface area contributed by atoms with Crippen LogP contribution in [0, 0.1) is 6.92 Å². The van der Waals surface area contributed by atoms with Crippen LogP contribution in [-0.2, 0) is 12.0 Å². The Hall–Kier alpha value is -2.15. The number of rotatable bonds is 5. The van der Waals surface area contributed by atoms with Crippen LogP contribution in [0.2, 0.25) is 0 Å². The van der Waals surface area contributed by atoms with Gasteiger partial charge < -0.3 is 20.1 Å². The molecule has 0 spiro atoms. The van der Waals surface area contributed by atoms with E-state index in [-0.39, 0.29) is 11.1 Å². The van der Waals surface area contributed by atoms with Gasteiger partial charge in [-0.1, -0.05) is 37.6 Å². The summed E-state index contributed by atoms with van der Waals surface area (Å²) in [7, 11) is 0. The fourth-order valence-corrected chi connectivity index (χ4v) is 2.98. The van der Waals surface area contributed by atoms with Crippen LogP contribution < -0.4 is 4.74 Å². The molecular formula is C18H23F3O4. The van der Waals surface area contributed by atoms with E-state index in [1.54, 1.807) is 19.9 Å². The average Bonchev–Trinajstić information content (AvgIpc) is 2.42. The van der Waals surface area contributed by atoms with Gasteiger partial charge in [0, 0.05) is 16.5 Å². The molecule has 0 bridgehead atoms. The minimum atomic E-state index is -5.07. The molecule has 1 aromatic carbocycles. The molecular weight excluding hydrogens is 337 g/mol. The Labute approximate surface area is 144 Å². The molecule has 0 aliphatic heterocycles. The topological polar surface area (TPSA) is 69.9 Å². The third-order valence-electron chi connectivity index (χ3n) is 3.78. The minimum Gasteiger partial charge on any atom is -0.507 e. The molecule has 0 heterocycles. The van der Waals surface area contributed by atoms with Crippen molar-refractivity contribution in [3.05, 3.63) is 40.5 Å². The highest BCUT2D eigenvalue weighted by Gasteiger charge is 2.37. The Morgan fingerprint density at radius 3 is 2.16 bits per heavy atom. The van der Waals surface area contributed by atoms with Crippen molar-refractivity contribution < 1.29 is 33.2 Å². The molecule has 0 radical (unpaired) electrons. The summed E-state index contributed by atoms with van der Waals surface area (Å²) in [6.07, 6.45) is 0.396. The van der Waals surface area contributed by atoms with Crippen molar-refractivity contribution in [1.29, 1.82) is 0 Å². The quantitative estimate of drug-likeness (QED) is 0.530. The zero-order valence-electron chi connectivity index (χ0n) is 14.8. The molecule has 0 saturated heterocycles. The van der Waals surface area contributed by atoms with E-state index in [0.29, 0.717) is 0 Å². The maximum Gasteiger partial charge on any atom is 0.573 e. The predicted molar refractivity (Wildman–Crippen MR) is 88.7 cm³/mol. The lowest BCUT2D eigenvalue weighted by Gasteiger charge is -2.28. The number of hydrogen-bond acceptors (Lipinski definition) is 4. The molecule has 0 amide bonds. The van der Waals surface area contributed by atoms with Gasteiger partial charge in [-0.05, 0) is 20.8 Å². The molecule has 0 fully saturated rings. The monoisotopic (exact) mass is 360 g/mol. The minimum absolute atomic E-state index is 0.0449. The number of alkyl halides is 3. The lowest BCUT2D eigenvalue weighted by atomic mass is 9.78. The van der Waals surface area contributed by atoms with Crippen LogP contribution >= 0.6 is 0 Å². The van der Waals surface area contributed by atoms with Crippen LogP contribution in [0.3, 0.4) is 0 Å². The Balaban J connectivity index is 3.70. The fraction of sp³-hybridized carbons (Fsp3) is 0.444. The molecule has 0 atom stereocenters. The maximum atomic E-state index is 12.6. The van der Waals surface area contributed by atoms with Gasteiger partial charge in [0.15, 0.2) is 11.5 Å². The van der Waals surface area contributed by atoms with Crippen LogP contribution in [0.25, 0.3) is 0 Å². The summed E-state index contributed by atoms with van der Waals surface area (Å²) < 4.78 is 41.5.